The van der Waals surface area contributed by atoms with Crippen LogP contribution in [0, 0.1) is 10.8 Å². The summed E-state index contributed by atoms with van der Waals surface area (Å²) in [5.41, 5.74) is 2.26. The number of ketones is 2. The fourth-order valence-electron chi connectivity index (χ4n) is 5.25. The lowest BCUT2D eigenvalue weighted by Crippen LogP contribution is -2.33. The van der Waals surface area contributed by atoms with Crippen molar-refractivity contribution >= 4 is 66.2 Å². The Morgan fingerprint density at radius 2 is 0.975 bits per heavy atom. The van der Waals surface area contributed by atoms with Crippen LogP contribution in [0.5, 0.6) is 0 Å². The summed E-state index contributed by atoms with van der Waals surface area (Å²) < 4.78 is 1.84. The van der Waals surface area contributed by atoms with Crippen molar-refractivity contribution in [1.29, 1.82) is 0 Å². The number of rotatable bonds is 5. The Labute approximate surface area is 252 Å². The first-order valence-corrected chi connectivity index (χ1v) is 14.9. The Hall–Kier alpha value is -2.84. The van der Waals surface area contributed by atoms with Gasteiger partial charge in [-0.15, -0.1) is 0 Å². The van der Waals surface area contributed by atoms with Crippen molar-refractivity contribution in [2.45, 2.75) is 66.2 Å². The zero-order chi connectivity index (χ0) is 29.2. The maximum atomic E-state index is 13.2. The number of carbonyl (C=O) groups is 2. The number of aliphatic hydroxyl groups is 2. The Bertz CT molecular complexity index is 1340. The predicted octanol–water partition coefficient (Wildman–Crippen LogP) is 9.24. The number of aliphatic imine (C=N–C) groups is 2. The van der Waals surface area contributed by atoms with Gasteiger partial charge in [0.05, 0.1) is 33.9 Å². The predicted molar refractivity (Wildman–Crippen MR) is 167 cm³/mol. The third-order valence-corrected chi connectivity index (χ3v) is 8.12. The molecule has 0 spiro atoms. The van der Waals surface area contributed by atoms with Crippen molar-refractivity contribution in [3.63, 3.8) is 0 Å². The van der Waals surface area contributed by atoms with Crippen molar-refractivity contribution < 1.29 is 19.8 Å². The van der Waals surface area contributed by atoms with Crippen molar-refractivity contribution in [3.8, 4) is 0 Å². The van der Waals surface area contributed by atoms with Crippen LogP contribution in [0.1, 0.15) is 66.2 Å². The molecular weight excluding hydrogens is 636 g/mol. The second kappa shape index (κ2) is 12.0. The normalized spacial score (nSPS) is 23.4. The van der Waals surface area contributed by atoms with Gasteiger partial charge in [-0.05, 0) is 72.2 Å². The van der Waals surface area contributed by atoms with Gasteiger partial charge in [0, 0.05) is 34.6 Å². The lowest BCUT2D eigenvalue weighted by Gasteiger charge is -2.32. The molecule has 0 radical (unpaired) electrons. The Kier molecular flexibility index (Phi) is 9.00. The number of halogens is 2. The summed E-state index contributed by atoms with van der Waals surface area (Å²) in [5, 5.41) is 22.3. The third kappa shape index (κ3) is 7.46. The highest BCUT2D eigenvalue weighted by Gasteiger charge is 2.38. The Morgan fingerprint density at radius 1 is 0.650 bits per heavy atom. The van der Waals surface area contributed by atoms with Crippen LogP contribution in [-0.2, 0) is 9.59 Å². The molecule has 2 fully saturated rings. The lowest BCUT2D eigenvalue weighted by atomic mass is 9.72. The van der Waals surface area contributed by atoms with E-state index in [-0.39, 0.29) is 70.7 Å². The molecule has 0 aliphatic heterocycles. The molecule has 0 amide bonds. The summed E-state index contributed by atoms with van der Waals surface area (Å²) in [4.78, 5) is 35.8. The van der Waals surface area contributed by atoms with Gasteiger partial charge in [-0.2, -0.15) is 0 Å². The van der Waals surface area contributed by atoms with E-state index in [1.807, 2.05) is 76.2 Å². The van der Waals surface area contributed by atoms with E-state index in [1.54, 1.807) is 0 Å². The molecule has 6 nitrogen and oxygen atoms in total. The first-order valence-electron chi connectivity index (χ1n) is 13.3. The number of hydrogen-bond donors (Lipinski definition) is 2. The molecule has 2 aromatic carbocycles. The standard InChI is InChI=1S/C32H34Br2N2O4/c1-31(2)15-23(35-21-9-5-19(33)6-10-21)29(27(39)17-31)25(37)13-14-26(38)30-24(16-32(3,4)18-28(30)40)36-22-11-7-20(34)8-12-22/h5-12,37-38H,13-18H2,1-4H3/b29-25+,30-26+,35-23?,36-24?. The maximum absolute atomic E-state index is 13.2. The highest BCUT2D eigenvalue weighted by Crippen LogP contribution is 2.39. The second-order valence-electron chi connectivity index (χ2n) is 12.1. The quantitative estimate of drug-likeness (QED) is 0.245. The summed E-state index contributed by atoms with van der Waals surface area (Å²) in [5.74, 6) is -0.605. The minimum Gasteiger partial charge on any atom is -0.511 e. The van der Waals surface area contributed by atoms with Crippen molar-refractivity contribution in [3.05, 3.63) is 80.1 Å². The summed E-state index contributed by atoms with van der Waals surface area (Å²) in [7, 11) is 0. The van der Waals surface area contributed by atoms with Gasteiger partial charge < -0.3 is 10.2 Å². The van der Waals surface area contributed by atoms with E-state index in [0.717, 1.165) is 8.95 Å². The minimum absolute atomic E-state index is 0.00156. The number of allylic oxidation sites excluding steroid dienone is 4. The van der Waals surface area contributed by atoms with Crippen molar-refractivity contribution in [2.75, 3.05) is 0 Å². The molecule has 0 aromatic heterocycles. The number of benzene rings is 2. The number of nitrogens with zero attached hydrogens (tertiary/aromatic N) is 2. The molecular formula is C32H34Br2N2O4. The molecule has 40 heavy (non-hydrogen) atoms. The topological polar surface area (TPSA) is 99.3 Å². The smallest absolute Gasteiger partial charge is 0.168 e. The molecule has 0 atom stereocenters. The average Bonchev–Trinajstić information content (AvgIpc) is 2.83. The SMILES string of the molecule is CC1(C)CC(=O)/C(=C(/O)CC/C(O)=C2\C(=O)CC(C)(C)CC2=Nc2ccc(Br)cc2)C(=Nc2ccc(Br)cc2)C1. The molecule has 210 valence electrons. The van der Waals surface area contributed by atoms with Gasteiger partial charge in [-0.3, -0.25) is 19.6 Å². The zero-order valence-electron chi connectivity index (χ0n) is 23.2. The average molecular weight is 670 g/mol. The van der Waals surface area contributed by atoms with Crippen LogP contribution in [-0.4, -0.2) is 33.2 Å². The highest BCUT2D eigenvalue weighted by atomic mass is 79.9. The van der Waals surface area contributed by atoms with E-state index in [9.17, 15) is 19.8 Å². The lowest BCUT2D eigenvalue weighted by molar-refractivity contribution is -0.118. The first kappa shape index (κ1) is 30.1. The van der Waals surface area contributed by atoms with Gasteiger partial charge in [-0.1, -0.05) is 59.6 Å². The van der Waals surface area contributed by atoms with E-state index in [2.05, 4.69) is 31.9 Å². The molecule has 0 unspecified atom stereocenters. The van der Waals surface area contributed by atoms with Gasteiger partial charge in [-0.25, -0.2) is 0 Å². The molecule has 8 heteroatoms. The van der Waals surface area contributed by atoms with Crippen LogP contribution in [0.25, 0.3) is 0 Å². The van der Waals surface area contributed by atoms with Crippen LogP contribution < -0.4 is 0 Å². The van der Waals surface area contributed by atoms with Gasteiger partial charge in [0.1, 0.15) is 11.5 Å². The van der Waals surface area contributed by atoms with E-state index in [1.165, 1.54) is 0 Å². The first-order chi connectivity index (χ1) is 18.7. The van der Waals surface area contributed by atoms with Crippen LogP contribution >= 0.6 is 31.9 Å². The number of aliphatic hydroxyl groups excluding tert-OH is 2. The van der Waals surface area contributed by atoms with Gasteiger partial charge in [0.25, 0.3) is 0 Å². The van der Waals surface area contributed by atoms with Crippen molar-refractivity contribution in [2.24, 2.45) is 20.8 Å². The van der Waals surface area contributed by atoms with Crippen molar-refractivity contribution in [1.82, 2.24) is 0 Å². The molecule has 2 aliphatic rings. The fourth-order valence-corrected chi connectivity index (χ4v) is 5.78. The minimum atomic E-state index is -0.293. The maximum Gasteiger partial charge on any atom is 0.168 e. The largest absolute Gasteiger partial charge is 0.511 e. The van der Waals surface area contributed by atoms with Crippen LogP contribution in [0.4, 0.5) is 11.4 Å². The molecule has 2 N–H and O–H groups in total. The molecule has 0 saturated heterocycles. The molecule has 4 rings (SSSR count). The number of carbonyl (C=O) groups excluding carboxylic acids is 2. The van der Waals surface area contributed by atoms with Gasteiger partial charge in [0.2, 0.25) is 0 Å². The fraction of sp³-hybridized carbons (Fsp3) is 0.375. The van der Waals surface area contributed by atoms with E-state index >= 15 is 0 Å². The van der Waals surface area contributed by atoms with Crippen LogP contribution in [0.2, 0.25) is 0 Å². The zero-order valence-corrected chi connectivity index (χ0v) is 26.4. The van der Waals surface area contributed by atoms with Gasteiger partial charge >= 0.3 is 0 Å². The second-order valence-corrected chi connectivity index (χ2v) is 13.9. The molecule has 2 aromatic rings. The molecule has 0 bridgehead atoms. The van der Waals surface area contributed by atoms with E-state index in [4.69, 9.17) is 9.98 Å². The Balaban J connectivity index is 1.67. The molecule has 2 saturated carbocycles. The number of hydrogen-bond acceptors (Lipinski definition) is 6. The Morgan fingerprint density at radius 3 is 1.30 bits per heavy atom. The van der Waals surface area contributed by atoms with E-state index < -0.39 is 0 Å². The van der Waals surface area contributed by atoms with E-state index in [0.29, 0.717) is 35.6 Å². The third-order valence-electron chi connectivity index (χ3n) is 7.06. The van der Waals surface area contributed by atoms with Crippen LogP contribution in [0.3, 0.4) is 0 Å². The van der Waals surface area contributed by atoms with Crippen LogP contribution in [0.15, 0.2) is 90.1 Å². The summed E-state index contributed by atoms with van der Waals surface area (Å²) >= 11 is 6.84. The van der Waals surface area contributed by atoms with Gasteiger partial charge in [0.15, 0.2) is 11.6 Å². The number of Topliss-reactive ketones (excluding diaryl/α,β-unsaturated/α-hetero) is 2. The summed E-state index contributed by atoms with van der Waals surface area (Å²) in [6.45, 7) is 8.03. The molecule has 2 aliphatic carbocycles. The summed E-state index contributed by atoms with van der Waals surface area (Å²) in [6, 6.07) is 14.9. The monoisotopic (exact) mass is 668 g/mol. The summed E-state index contributed by atoms with van der Waals surface area (Å²) in [6.07, 6.45) is 1.63. The highest BCUT2D eigenvalue weighted by molar-refractivity contribution is 9.10. The molecule has 0 heterocycles.